The maximum Gasteiger partial charge on any atom is 0.310 e. The molecule has 18 heavy (non-hydrogen) atoms. The van der Waals surface area contributed by atoms with Crippen LogP contribution in [0.3, 0.4) is 0 Å². The van der Waals surface area contributed by atoms with Crippen LogP contribution in [0.5, 0.6) is 5.75 Å². The number of phenols is 1. The van der Waals surface area contributed by atoms with E-state index in [0.717, 1.165) is 12.0 Å². The smallest absolute Gasteiger partial charge is 0.310 e. The van der Waals surface area contributed by atoms with E-state index >= 15 is 0 Å². The summed E-state index contributed by atoms with van der Waals surface area (Å²) in [5.41, 5.74) is 0.360. The van der Waals surface area contributed by atoms with Crippen LogP contribution in [0.1, 0.15) is 39.7 Å². The second-order valence-electron chi connectivity index (χ2n) is 6.26. The van der Waals surface area contributed by atoms with Crippen LogP contribution >= 0.6 is 0 Å². The first-order valence-electron chi connectivity index (χ1n) is 6.25. The fourth-order valence-electron chi connectivity index (χ4n) is 2.26. The quantitative estimate of drug-likeness (QED) is 0.818. The minimum atomic E-state index is -0.445. The zero-order chi connectivity index (χ0) is 13.6. The summed E-state index contributed by atoms with van der Waals surface area (Å²) in [7, 11) is 0. The fraction of sp³-hybridized carbons (Fsp3) is 0.533. The van der Waals surface area contributed by atoms with E-state index < -0.39 is 5.60 Å². The molecule has 0 saturated heterocycles. The molecule has 0 heterocycles. The van der Waals surface area contributed by atoms with E-state index in [4.69, 9.17) is 4.74 Å². The monoisotopic (exact) mass is 248 g/mol. The minimum Gasteiger partial charge on any atom is -0.508 e. The van der Waals surface area contributed by atoms with Gasteiger partial charge in [0.2, 0.25) is 0 Å². The molecule has 1 saturated carbocycles. The van der Waals surface area contributed by atoms with Crippen molar-refractivity contribution in [1.82, 2.24) is 0 Å². The van der Waals surface area contributed by atoms with Crippen molar-refractivity contribution in [1.29, 1.82) is 0 Å². The third-order valence-electron chi connectivity index (χ3n) is 3.43. The van der Waals surface area contributed by atoms with Crippen LogP contribution < -0.4 is 0 Å². The number of hydrogen-bond acceptors (Lipinski definition) is 3. The summed E-state index contributed by atoms with van der Waals surface area (Å²) in [5.74, 6) is -0.00423. The lowest BCUT2D eigenvalue weighted by molar-refractivity contribution is -0.157. The van der Waals surface area contributed by atoms with Gasteiger partial charge in [0.05, 0.1) is 5.92 Å². The molecular formula is C15H20O3. The average Bonchev–Trinajstić information content (AvgIpc) is 2.90. The summed E-state index contributed by atoms with van der Waals surface area (Å²) < 4.78 is 5.41. The zero-order valence-electron chi connectivity index (χ0n) is 11.4. The Hall–Kier alpha value is -1.51. The molecule has 1 aromatic carbocycles. The van der Waals surface area contributed by atoms with E-state index in [0.29, 0.717) is 0 Å². The van der Waals surface area contributed by atoms with Gasteiger partial charge < -0.3 is 9.84 Å². The largest absolute Gasteiger partial charge is 0.508 e. The van der Waals surface area contributed by atoms with Crippen LogP contribution in [0, 0.1) is 5.92 Å². The van der Waals surface area contributed by atoms with Gasteiger partial charge in [0.25, 0.3) is 0 Å². The van der Waals surface area contributed by atoms with Gasteiger partial charge in [-0.25, -0.2) is 0 Å². The van der Waals surface area contributed by atoms with E-state index in [1.54, 1.807) is 18.2 Å². The van der Waals surface area contributed by atoms with Gasteiger partial charge in [-0.15, -0.1) is 0 Å². The van der Waals surface area contributed by atoms with Crippen molar-refractivity contribution >= 4 is 5.97 Å². The molecule has 2 rings (SSSR count). The summed E-state index contributed by atoms with van der Waals surface area (Å²) in [4.78, 5) is 12.0. The van der Waals surface area contributed by atoms with Crippen molar-refractivity contribution in [3.63, 3.8) is 0 Å². The van der Waals surface area contributed by atoms with Crippen molar-refractivity contribution in [3.05, 3.63) is 29.8 Å². The Morgan fingerprint density at radius 2 is 2.11 bits per heavy atom. The van der Waals surface area contributed by atoms with Crippen molar-refractivity contribution < 1.29 is 14.6 Å². The summed E-state index contributed by atoms with van der Waals surface area (Å²) in [6, 6.07) is 7.12. The molecule has 0 amide bonds. The van der Waals surface area contributed by atoms with Crippen molar-refractivity contribution in [3.8, 4) is 5.75 Å². The Balaban J connectivity index is 2.11. The predicted octanol–water partition coefficient (Wildman–Crippen LogP) is 3.01. The first-order valence-corrected chi connectivity index (χ1v) is 6.25. The van der Waals surface area contributed by atoms with Gasteiger partial charge in [0.1, 0.15) is 11.4 Å². The van der Waals surface area contributed by atoms with Crippen molar-refractivity contribution in [2.24, 2.45) is 5.92 Å². The molecular weight excluding hydrogens is 228 g/mol. The van der Waals surface area contributed by atoms with E-state index in [1.807, 2.05) is 33.8 Å². The molecule has 1 aromatic rings. The number of carbonyl (C=O) groups excluding carboxylic acids is 1. The van der Waals surface area contributed by atoms with Gasteiger partial charge in [-0.1, -0.05) is 19.1 Å². The van der Waals surface area contributed by atoms with Crippen molar-refractivity contribution in [2.75, 3.05) is 0 Å². The van der Waals surface area contributed by atoms with Crippen molar-refractivity contribution in [2.45, 2.75) is 45.1 Å². The SMILES string of the molecule is CC(C)(C)OC(=O)C1C[C@@]1(C)c1cccc(O)c1. The van der Waals surface area contributed by atoms with Crippen LogP contribution in [-0.2, 0) is 14.9 Å². The number of hydrogen-bond donors (Lipinski definition) is 1. The highest BCUT2D eigenvalue weighted by molar-refractivity contribution is 5.79. The van der Waals surface area contributed by atoms with E-state index in [9.17, 15) is 9.90 Å². The third-order valence-corrected chi connectivity index (χ3v) is 3.43. The van der Waals surface area contributed by atoms with Crippen LogP contribution in [0.2, 0.25) is 0 Å². The summed E-state index contributed by atoms with van der Waals surface area (Å²) in [5, 5.41) is 9.50. The van der Waals surface area contributed by atoms with Crippen LogP contribution in [0.4, 0.5) is 0 Å². The van der Waals surface area contributed by atoms with Gasteiger partial charge >= 0.3 is 5.97 Å². The lowest BCUT2D eigenvalue weighted by Gasteiger charge is -2.20. The summed E-state index contributed by atoms with van der Waals surface area (Å²) in [6.45, 7) is 7.66. The predicted molar refractivity (Wildman–Crippen MR) is 69.4 cm³/mol. The van der Waals surface area contributed by atoms with Gasteiger partial charge in [0.15, 0.2) is 0 Å². The maximum atomic E-state index is 12.0. The summed E-state index contributed by atoms with van der Waals surface area (Å²) >= 11 is 0. The Morgan fingerprint density at radius 3 is 2.67 bits per heavy atom. The second-order valence-corrected chi connectivity index (χ2v) is 6.26. The Kier molecular flexibility index (Phi) is 2.88. The van der Waals surface area contributed by atoms with Crippen LogP contribution in [0.25, 0.3) is 0 Å². The van der Waals surface area contributed by atoms with Gasteiger partial charge in [-0.05, 0) is 44.9 Å². The molecule has 1 fully saturated rings. The molecule has 1 N–H and O–H groups in total. The number of rotatable bonds is 2. The molecule has 1 unspecified atom stereocenters. The Labute approximate surface area is 108 Å². The van der Waals surface area contributed by atoms with E-state index in [1.165, 1.54) is 0 Å². The summed E-state index contributed by atoms with van der Waals surface area (Å²) in [6.07, 6.45) is 0.783. The second kappa shape index (κ2) is 4.01. The van der Waals surface area contributed by atoms with E-state index in [-0.39, 0.29) is 23.1 Å². The topological polar surface area (TPSA) is 46.5 Å². The standard InChI is InChI=1S/C15H20O3/c1-14(2,3)18-13(17)12-9-15(12,4)10-6-5-7-11(16)8-10/h5-8,12,16H,9H2,1-4H3/t12?,15-/m0/s1. The van der Waals surface area contributed by atoms with Gasteiger partial charge in [-0.2, -0.15) is 0 Å². The number of carbonyl (C=O) groups is 1. The lowest BCUT2D eigenvalue weighted by Crippen LogP contribution is -2.26. The third kappa shape index (κ3) is 2.50. The van der Waals surface area contributed by atoms with Gasteiger partial charge in [0, 0.05) is 5.41 Å². The number of benzene rings is 1. The van der Waals surface area contributed by atoms with E-state index in [2.05, 4.69) is 0 Å². The normalized spacial score (nSPS) is 26.8. The number of aromatic hydroxyl groups is 1. The fourth-order valence-corrected chi connectivity index (χ4v) is 2.26. The Morgan fingerprint density at radius 1 is 1.44 bits per heavy atom. The Bertz CT molecular complexity index is 473. The highest BCUT2D eigenvalue weighted by Gasteiger charge is 2.57. The highest BCUT2D eigenvalue weighted by Crippen LogP contribution is 2.55. The maximum absolute atomic E-state index is 12.0. The van der Waals surface area contributed by atoms with Gasteiger partial charge in [-0.3, -0.25) is 4.79 Å². The molecule has 0 bridgehead atoms. The molecule has 1 aliphatic rings. The molecule has 1 aliphatic carbocycles. The number of ether oxygens (including phenoxy) is 1. The first kappa shape index (κ1) is 12.9. The number of phenolic OH excluding ortho intramolecular Hbond substituents is 1. The van der Waals surface area contributed by atoms with Crippen LogP contribution in [-0.4, -0.2) is 16.7 Å². The first-order chi connectivity index (χ1) is 8.22. The molecule has 0 aliphatic heterocycles. The van der Waals surface area contributed by atoms with Crippen LogP contribution in [0.15, 0.2) is 24.3 Å². The molecule has 0 aromatic heterocycles. The molecule has 2 atom stereocenters. The molecule has 3 nitrogen and oxygen atoms in total. The minimum absolute atomic E-state index is 0.0986. The average molecular weight is 248 g/mol. The molecule has 3 heteroatoms. The highest BCUT2D eigenvalue weighted by atomic mass is 16.6. The number of esters is 1. The molecule has 0 radical (unpaired) electrons. The molecule has 0 spiro atoms. The zero-order valence-corrected chi connectivity index (χ0v) is 11.4. The lowest BCUT2D eigenvalue weighted by atomic mass is 9.95. The molecule has 98 valence electrons.